The fourth-order valence-corrected chi connectivity index (χ4v) is 0.971. The highest BCUT2D eigenvalue weighted by Crippen LogP contribution is 2.12. The minimum absolute atomic E-state index is 0.929. The Morgan fingerprint density at radius 3 is 2.80 bits per heavy atom. The van der Waals surface area contributed by atoms with Crippen LogP contribution in [0.4, 0.5) is 5.82 Å². The molecule has 3 heteroatoms. The quantitative estimate of drug-likeness (QED) is 0.769. The molecule has 0 saturated carbocycles. The van der Waals surface area contributed by atoms with E-state index in [0.29, 0.717) is 0 Å². The average molecular weight is 248 g/mol. The maximum Gasteiger partial charge on any atom is 0.125 e. The Morgan fingerprint density at radius 1 is 1.60 bits per heavy atom. The molecule has 0 radical (unpaired) electrons. The van der Waals surface area contributed by atoms with Gasteiger partial charge in [-0.25, -0.2) is 4.98 Å². The van der Waals surface area contributed by atoms with E-state index in [4.69, 9.17) is 0 Å². The molecular weight excluding hydrogens is 239 g/mol. The molecular formula is C7H9IN2. The highest BCUT2D eigenvalue weighted by molar-refractivity contribution is 14.1. The standard InChI is InChI=1S/C7H9IN2/c1-5-3-7(9-2)10-4-6(5)8/h3-4H,1-2H3,(H,9,10). The molecule has 0 unspecified atom stereocenters. The monoisotopic (exact) mass is 248 g/mol. The summed E-state index contributed by atoms with van der Waals surface area (Å²) in [6.07, 6.45) is 1.86. The van der Waals surface area contributed by atoms with Crippen LogP contribution in [0.5, 0.6) is 0 Å². The molecule has 1 heterocycles. The second kappa shape index (κ2) is 3.18. The molecule has 54 valence electrons. The van der Waals surface area contributed by atoms with Crippen LogP contribution in [0.3, 0.4) is 0 Å². The zero-order valence-electron chi connectivity index (χ0n) is 5.98. The van der Waals surface area contributed by atoms with Crippen molar-refractivity contribution in [3.05, 3.63) is 21.4 Å². The Labute approximate surface area is 74.2 Å². The molecule has 0 aliphatic heterocycles. The number of pyridine rings is 1. The number of hydrogen-bond acceptors (Lipinski definition) is 2. The molecule has 0 amide bonds. The lowest BCUT2D eigenvalue weighted by atomic mass is 10.3. The van der Waals surface area contributed by atoms with E-state index < -0.39 is 0 Å². The lowest BCUT2D eigenvalue weighted by molar-refractivity contribution is 1.23. The number of hydrogen-bond donors (Lipinski definition) is 1. The number of halogens is 1. The summed E-state index contributed by atoms with van der Waals surface area (Å²) in [4.78, 5) is 4.14. The number of anilines is 1. The Balaban J connectivity index is 3.04. The molecule has 1 rings (SSSR count). The Bertz CT molecular complexity index is 235. The predicted octanol–water partition coefficient (Wildman–Crippen LogP) is 2.04. The Hall–Kier alpha value is -0.320. The molecule has 0 spiro atoms. The van der Waals surface area contributed by atoms with E-state index in [9.17, 15) is 0 Å². The summed E-state index contributed by atoms with van der Waals surface area (Å²) in [5, 5.41) is 2.98. The third-order valence-corrected chi connectivity index (χ3v) is 2.43. The molecule has 0 aromatic carbocycles. The smallest absolute Gasteiger partial charge is 0.125 e. The van der Waals surface area contributed by atoms with Crippen molar-refractivity contribution in [2.24, 2.45) is 0 Å². The predicted molar refractivity (Wildman–Crippen MR) is 51.2 cm³/mol. The molecule has 0 bridgehead atoms. The zero-order chi connectivity index (χ0) is 7.56. The van der Waals surface area contributed by atoms with Crippen LogP contribution in [0, 0.1) is 10.5 Å². The Morgan fingerprint density at radius 2 is 2.30 bits per heavy atom. The molecule has 0 atom stereocenters. The maximum absolute atomic E-state index is 4.14. The second-order valence-electron chi connectivity index (χ2n) is 2.07. The molecule has 2 nitrogen and oxygen atoms in total. The van der Waals surface area contributed by atoms with Gasteiger partial charge >= 0.3 is 0 Å². The number of aromatic nitrogens is 1. The first-order chi connectivity index (χ1) is 4.74. The maximum atomic E-state index is 4.14. The van der Waals surface area contributed by atoms with Crippen LogP contribution < -0.4 is 5.32 Å². The summed E-state index contributed by atoms with van der Waals surface area (Å²) in [6.45, 7) is 2.07. The third kappa shape index (κ3) is 1.59. The van der Waals surface area contributed by atoms with E-state index in [-0.39, 0.29) is 0 Å². The molecule has 10 heavy (non-hydrogen) atoms. The van der Waals surface area contributed by atoms with Gasteiger partial charge in [0.25, 0.3) is 0 Å². The van der Waals surface area contributed by atoms with E-state index in [0.717, 1.165) is 5.82 Å². The van der Waals surface area contributed by atoms with E-state index in [1.54, 1.807) is 0 Å². The van der Waals surface area contributed by atoms with Crippen molar-refractivity contribution < 1.29 is 0 Å². The summed E-state index contributed by atoms with van der Waals surface area (Å²) < 4.78 is 1.21. The van der Waals surface area contributed by atoms with Crippen LogP contribution in [-0.2, 0) is 0 Å². The minimum atomic E-state index is 0.929. The second-order valence-corrected chi connectivity index (χ2v) is 3.23. The molecule has 1 N–H and O–H groups in total. The SMILES string of the molecule is CNc1cc(C)c(I)cn1. The molecule has 1 aromatic heterocycles. The Kier molecular flexibility index (Phi) is 2.48. The largest absolute Gasteiger partial charge is 0.373 e. The molecule has 1 aromatic rings. The zero-order valence-corrected chi connectivity index (χ0v) is 8.14. The third-order valence-electron chi connectivity index (χ3n) is 1.30. The van der Waals surface area contributed by atoms with Gasteiger partial charge in [0, 0.05) is 16.8 Å². The lowest BCUT2D eigenvalue weighted by Crippen LogP contribution is -1.93. The number of aryl methyl sites for hydroxylation is 1. The van der Waals surface area contributed by atoms with Crippen molar-refractivity contribution in [2.75, 3.05) is 12.4 Å². The van der Waals surface area contributed by atoms with Crippen molar-refractivity contribution in [3.8, 4) is 0 Å². The van der Waals surface area contributed by atoms with Gasteiger partial charge in [-0.3, -0.25) is 0 Å². The van der Waals surface area contributed by atoms with Crippen LogP contribution in [0.15, 0.2) is 12.3 Å². The fourth-order valence-electron chi connectivity index (χ4n) is 0.676. The van der Waals surface area contributed by atoms with Crippen molar-refractivity contribution >= 4 is 28.4 Å². The van der Waals surface area contributed by atoms with E-state index in [1.807, 2.05) is 19.3 Å². The van der Waals surface area contributed by atoms with Gasteiger partial charge in [-0.05, 0) is 41.1 Å². The first-order valence-corrected chi connectivity index (χ1v) is 4.12. The van der Waals surface area contributed by atoms with E-state index >= 15 is 0 Å². The first-order valence-electron chi connectivity index (χ1n) is 3.04. The van der Waals surface area contributed by atoms with Crippen molar-refractivity contribution in [1.82, 2.24) is 4.98 Å². The molecule has 0 fully saturated rings. The van der Waals surface area contributed by atoms with Gasteiger partial charge < -0.3 is 5.32 Å². The van der Waals surface area contributed by atoms with Crippen molar-refractivity contribution in [1.29, 1.82) is 0 Å². The number of rotatable bonds is 1. The fraction of sp³-hybridized carbons (Fsp3) is 0.286. The lowest BCUT2D eigenvalue weighted by Gasteiger charge is -2.00. The molecule has 0 aliphatic rings. The minimum Gasteiger partial charge on any atom is -0.373 e. The van der Waals surface area contributed by atoms with E-state index in [1.165, 1.54) is 9.13 Å². The summed E-state index contributed by atoms with van der Waals surface area (Å²) in [5.41, 5.74) is 1.26. The van der Waals surface area contributed by atoms with Gasteiger partial charge in [0.15, 0.2) is 0 Å². The number of nitrogens with one attached hydrogen (secondary N) is 1. The highest BCUT2D eigenvalue weighted by atomic mass is 127. The van der Waals surface area contributed by atoms with Crippen LogP contribution in [-0.4, -0.2) is 12.0 Å². The van der Waals surface area contributed by atoms with Gasteiger partial charge in [-0.2, -0.15) is 0 Å². The van der Waals surface area contributed by atoms with Gasteiger partial charge in [0.05, 0.1) is 0 Å². The van der Waals surface area contributed by atoms with E-state index in [2.05, 4.69) is 39.8 Å². The average Bonchev–Trinajstić information content (AvgIpc) is 1.95. The summed E-state index contributed by atoms with van der Waals surface area (Å²) >= 11 is 2.27. The van der Waals surface area contributed by atoms with Crippen LogP contribution in [0.2, 0.25) is 0 Å². The highest BCUT2D eigenvalue weighted by Gasteiger charge is 1.94. The van der Waals surface area contributed by atoms with Crippen molar-refractivity contribution in [3.63, 3.8) is 0 Å². The summed E-state index contributed by atoms with van der Waals surface area (Å²) in [5.74, 6) is 0.929. The normalized spacial score (nSPS) is 9.50. The van der Waals surface area contributed by atoms with Gasteiger partial charge in [0.2, 0.25) is 0 Å². The van der Waals surface area contributed by atoms with Gasteiger partial charge in [-0.15, -0.1) is 0 Å². The van der Waals surface area contributed by atoms with Crippen LogP contribution >= 0.6 is 22.6 Å². The summed E-state index contributed by atoms with van der Waals surface area (Å²) in [7, 11) is 1.87. The van der Waals surface area contributed by atoms with Gasteiger partial charge in [0.1, 0.15) is 5.82 Å². The van der Waals surface area contributed by atoms with Crippen molar-refractivity contribution in [2.45, 2.75) is 6.92 Å². The topological polar surface area (TPSA) is 24.9 Å². The van der Waals surface area contributed by atoms with Crippen LogP contribution in [0.25, 0.3) is 0 Å². The molecule has 0 aliphatic carbocycles. The first kappa shape index (κ1) is 7.78. The molecule has 0 saturated heterocycles. The van der Waals surface area contributed by atoms with Crippen LogP contribution in [0.1, 0.15) is 5.56 Å². The van der Waals surface area contributed by atoms with Gasteiger partial charge in [-0.1, -0.05) is 0 Å². The number of nitrogens with zero attached hydrogens (tertiary/aromatic N) is 1. The summed E-state index contributed by atoms with van der Waals surface area (Å²) in [6, 6.07) is 2.03.